The van der Waals surface area contributed by atoms with Gasteiger partial charge in [0, 0.05) is 16.8 Å². The highest BCUT2D eigenvalue weighted by molar-refractivity contribution is 14.1. The molecule has 0 aliphatic rings. The van der Waals surface area contributed by atoms with Crippen molar-refractivity contribution >= 4 is 84.6 Å². The Bertz CT molecular complexity index is 1170. The van der Waals surface area contributed by atoms with Crippen LogP contribution in [-0.4, -0.2) is 5.97 Å². The molecule has 4 aromatic rings. The summed E-state index contributed by atoms with van der Waals surface area (Å²) in [6.07, 6.45) is 0. The fourth-order valence-corrected chi connectivity index (χ4v) is 7.51. The molecule has 0 heterocycles. The average molecular weight is 761 g/mol. The summed E-state index contributed by atoms with van der Waals surface area (Å²) in [6.45, 7) is 0. The van der Waals surface area contributed by atoms with E-state index in [1.54, 1.807) is 0 Å². The van der Waals surface area contributed by atoms with E-state index in [0.29, 0.717) is 11.3 Å². The maximum absolute atomic E-state index is 13.0. The third-order valence-corrected chi connectivity index (χ3v) is 10.6. The number of hydrogen-bond acceptors (Lipinski definition) is 2. The standard InChI is InChI=1S/C25H16I3O2S/c26-21-14-15-22(27)24(28)23(21)25(29)30-17-8-7-13-20(16-17)31(18-9-3-1-4-10-18)19-11-5-2-6-12-19/h1-16H/q+1. The van der Waals surface area contributed by atoms with E-state index in [9.17, 15) is 4.79 Å². The van der Waals surface area contributed by atoms with Crippen molar-refractivity contribution in [2.45, 2.75) is 14.7 Å². The number of ether oxygens (including phenoxy) is 1. The second-order valence-corrected chi connectivity index (χ2v) is 11.9. The molecule has 0 fully saturated rings. The van der Waals surface area contributed by atoms with Crippen LogP contribution < -0.4 is 4.74 Å². The highest BCUT2D eigenvalue weighted by Crippen LogP contribution is 2.33. The highest BCUT2D eigenvalue weighted by Gasteiger charge is 2.29. The molecule has 154 valence electrons. The second-order valence-electron chi connectivity index (χ2n) is 6.51. The average Bonchev–Trinajstić information content (AvgIpc) is 2.79. The lowest BCUT2D eigenvalue weighted by Gasteiger charge is -2.11. The maximum Gasteiger partial charge on any atom is 0.345 e. The van der Waals surface area contributed by atoms with E-state index >= 15 is 0 Å². The molecule has 0 spiro atoms. The van der Waals surface area contributed by atoms with Crippen LogP contribution in [0, 0.1) is 10.7 Å². The Hall–Kier alpha value is -1.11. The molecule has 0 aromatic heterocycles. The van der Waals surface area contributed by atoms with Gasteiger partial charge in [-0.15, -0.1) is 0 Å². The molecule has 6 heteroatoms. The minimum atomic E-state index is -0.330. The van der Waals surface area contributed by atoms with Crippen molar-refractivity contribution in [3.05, 3.63) is 113 Å². The van der Waals surface area contributed by atoms with Crippen molar-refractivity contribution < 1.29 is 9.53 Å². The first-order valence-electron chi connectivity index (χ1n) is 9.35. The van der Waals surface area contributed by atoms with E-state index < -0.39 is 0 Å². The first-order chi connectivity index (χ1) is 15.0. The van der Waals surface area contributed by atoms with E-state index in [1.165, 1.54) is 9.79 Å². The molecule has 0 bridgehead atoms. The fourth-order valence-electron chi connectivity index (χ4n) is 3.06. The lowest BCUT2D eigenvalue weighted by Crippen LogP contribution is -2.13. The summed E-state index contributed by atoms with van der Waals surface area (Å²) in [4.78, 5) is 16.5. The topological polar surface area (TPSA) is 26.3 Å². The van der Waals surface area contributed by atoms with Crippen LogP contribution in [0.25, 0.3) is 0 Å². The van der Waals surface area contributed by atoms with E-state index in [4.69, 9.17) is 4.74 Å². The van der Waals surface area contributed by atoms with Crippen LogP contribution in [0.4, 0.5) is 0 Å². The number of carbonyl (C=O) groups excluding carboxylic acids is 1. The maximum atomic E-state index is 13.0. The molecule has 0 radical (unpaired) electrons. The van der Waals surface area contributed by atoms with Gasteiger partial charge in [0.15, 0.2) is 14.7 Å². The molecule has 0 atom stereocenters. The van der Waals surface area contributed by atoms with Crippen molar-refractivity contribution in [1.82, 2.24) is 0 Å². The van der Waals surface area contributed by atoms with Gasteiger partial charge in [0.25, 0.3) is 0 Å². The molecular formula is C25H16I3O2S+. The third-order valence-electron chi connectivity index (χ3n) is 4.46. The lowest BCUT2D eigenvalue weighted by atomic mass is 10.2. The van der Waals surface area contributed by atoms with Gasteiger partial charge in [-0.05, 0) is 116 Å². The molecule has 0 amide bonds. The Labute approximate surface area is 225 Å². The smallest absolute Gasteiger partial charge is 0.345 e. The predicted molar refractivity (Wildman–Crippen MR) is 151 cm³/mol. The molecule has 0 aliphatic heterocycles. The summed E-state index contributed by atoms with van der Waals surface area (Å²) in [7, 11) is -0.292. The number of esters is 1. The van der Waals surface area contributed by atoms with Gasteiger partial charge in [-0.1, -0.05) is 42.5 Å². The molecule has 31 heavy (non-hydrogen) atoms. The van der Waals surface area contributed by atoms with Crippen LogP contribution in [0.15, 0.2) is 112 Å². The molecule has 0 saturated heterocycles. The summed E-state index contributed by atoms with van der Waals surface area (Å²) in [5, 5.41) is 0. The monoisotopic (exact) mass is 761 g/mol. The van der Waals surface area contributed by atoms with Crippen molar-refractivity contribution in [1.29, 1.82) is 0 Å². The zero-order chi connectivity index (χ0) is 21.8. The van der Waals surface area contributed by atoms with Crippen LogP contribution in [0.2, 0.25) is 0 Å². The van der Waals surface area contributed by atoms with Crippen LogP contribution in [-0.2, 0) is 10.9 Å². The molecule has 0 N–H and O–H groups in total. The molecule has 2 nitrogen and oxygen atoms in total. The Kier molecular flexibility index (Phi) is 7.94. The van der Waals surface area contributed by atoms with Gasteiger partial charge in [-0.25, -0.2) is 4.79 Å². The van der Waals surface area contributed by atoms with Gasteiger partial charge in [0.1, 0.15) is 5.75 Å². The Morgan fingerprint density at radius 3 is 1.81 bits per heavy atom. The quantitative estimate of drug-likeness (QED) is 0.0683. The Morgan fingerprint density at radius 2 is 1.19 bits per heavy atom. The first kappa shape index (κ1) is 23.1. The number of halogens is 3. The number of rotatable bonds is 5. The van der Waals surface area contributed by atoms with Gasteiger partial charge >= 0.3 is 5.97 Å². The van der Waals surface area contributed by atoms with E-state index in [2.05, 4.69) is 122 Å². The van der Waals surface area contributed by atoms with E-state index in [0.717, 1.165) is 15.6 Å². The van der Waals surface area contributed by atoms with Crippen LogP contribution in [0.5, 0.6) is 5.75 Å². The zero-order valence-electron chi connectivity index (χ0n) is 16.1. The largest absolute Gasteiger partial charge is 0.423 e. The van der Waals surface area contributed by atoms with Gasteiger partial charge in [0.2, 0.25) is 0 Å². The third kappa shape index (κ3) is 5.45. The lowest BCUT2D eigenvalue weighted by molar-refractivity contribution is 0.0732. The van der Waals surface area contributed by atoms with Crippen molar-refractivity contribution in [3.63, 3.8) is 0 Å². The predicted octanol–water partition coefficient (Wildman–Crippen LogP) is 7.82. The molecule has 0 unspecified atom stereocenters. The fraction of sp³-hybridized carbons (Fsp3) is 0. The first-order valence-corrected chi connectivity index (χ1v) is 13.8. The molecule has 4 aromatic carbocycles. The van der Waals surface area contributed by atoms with Crippen LogP contribution in [0.3, 0.4) is 0 Å². The highest BCUT2D eigenvalue weighted by atomic mass is 127. The SMILES string of the molecule is O=C(Oc1cccc([S+](c2ccccc2)c2ccccc2)c1)c1c(I)ccc(I)c1I. The van der Waals surface area contributed by atoms with Crippen molar-refractivity contribution in [2.24, 2.45) is 0 Å². The van der Waals surface area contributed by atoms with Gasteiger partial charge in [0.05, 0.1) is 16.5 Å². The van der Waals surface area contributed by atoms with Gasteiger partial charge in [-0.2, -0.15) is 0 Å². The van der Waals surface area contributed by atoms with Crippen molar-refractivity contribution in [3.8, 4) is 5.75 Å². The summed E-state index contributed by atoms with van der Waals surface area (Å²) in [5.41, 5.74) is 0.614. The normalized spacial score (nSPS) is 10.8. The molecule has 0 saturated carbocycles. The Morgan fingerprint density at radius 1 is 0.645 bits per heavy atom. The summed E-state index contributed by atoms with van der Waals surface area (Å²) >= 11 is 6.64. The minimum absolute atomic E-state index is 0.292. The molecular weight excluding hydrogens is 745 g/mol. The van der Waals surface area contributed by atoms with Gasteiger partial charge in [-0.3, -0.25) is 0 Å². The Balaban J connectivity index is 1.70. The van der Waals surface area contributed by atoms with Crippen LogP contribution in [0.1, 0.15) is 10.4 Å². The zero-order valence-corrected chi connectivity index (χ0v) is 23.4. The summed E-state index contributed by atoms with van der Waals surface area (Å²) in [5.74, 6) is 0.223. The minimum Gasteiger partial charge on any atom is -0.423 e. The van der Waals surface area contributed by atoms with E-state index in [1.807, 2.05) is 42.5 Å². The number of benzene rings is 4. The van der Waals surface area contributed by atoms with Crippen molar-refractivity contribution in [2.75, 3.05) is 0 Å². The van der Waals surface area contributed by atoms with Crippen LogP contribution >= 0.6 is 67.8 Å². The summed E-state index contributed by atoms with van der Waals surface area (Å²) in [6, 6.07) is 32.7. The molecule has 4 rings (SSSR count). The summed E-state index contributed by atoms with van der Waals surface area (Å²) < 4.78 is 8.67. The number of hydrogen-bond donors (Lipinski definition) is 0. The van der Waals surface area contributed by atoms with E-state index in [-0.39, 0.29) is 16.9 Å². The number of carbonyl (C=O) groups is 1. The second kappa shape index (κ2) is 10.7. The van der Waals surface area contributed by atoms with Gasteiger partial charge < -0.3 is 4.74 Å². The molecule has 0 aliphatic carbocycles.